The molecule has 0 saturated carbocycles. The number of halogens is 2. The second kappa shape index (κ2) is 4.55. The van der Waals surface area contributed by atoms with E-state index in [0.717, 1.165) is 0 Å². The molecule has 1 aromatic rings. The van der Waals surface area contributed by atoms with Gasteiger partial charge in [0.25, 0.3) is 5.91 Å². The Morgan fingerprint density at radius 2 is 2.21 bits per heavy atom. The summed E-state index contributed by atoms with van der Waals surface area (Å²) >= 11 is 3.04. The van der Waals surface area contributed by atoms with Crippen LogP contribution in [-0.2, 0) is 0 Å². The Labute approximate surface area is 90.8 Å². The molecule has 0 aliphatic rings. The van der Waals surface area contributed by atoms with Crippen LogP contribution in [-0.4, -0.2) is 24.4 Å². The van der Waals surface area contributed by atoms with E-state index in [2.05, 4.69) is 15.9 Å². The Morgan fingerprint density at radius 3 is 2.71 bits per heavy atom. The van der Waals surface area contributed by atoms with E-state index in [1.165, 1.54) is 18.2 Å². The Morgan fingerprint density at radius 1 is 1.57 bits per heavy atom. The van der Waals surface area contributed by atoms with Crippen LogP contribution in [0.1, 0.15) is 17.3 Å². The molecular weight excluding hydrogens is 249 g/mol. The molecule has 0 bridgehead atoms. The van der Waals surface area contributed by atoms with Crippen LogP contribution in [0.3, 0.4) is 0 Å². The van der Waals surface area contributed by atoms with Crippen molar-refractivity contribution in [2.75, 3.05) is 13.6 Å². The fourth-order valence-electron chi connectivity index (χ4n) is 0.993. The van der Waals surface area contributed by atoms with Gasteiger partial charge < -0.3 is 4.90 Å². The van der Waals surface area contributed by atoms with Crippen molar-refractivity contribution in [2.45, 2.75) is 6.92 Å². The van der Waals surface area contributed by atoms with Crippen molar-refractivity contribution in [3.63, 3.8) is 0 Å². The van der Waals surface area contributed by atoms with Gasteiger partial charge in [-0.15, -0.1) is 0 Å². The lowest BCUT2D eigenvalue weighted by Gasteiger charge is -2.14. The summed E-state index contributed by atoms with van der Waals surface area (Å²) in [4.78, 5) is 13.2. The Kier molecular flexibility index (Phi) is 3.63. The second-order valence-corrected chi connectivity index (χ2v) is 3.80. The van der Waals surface area contributed by atoms with Gasteiger partial charge >= 0.3 is 0 Å². The zero-order valence-electron chi connectivity index (χ0n) is 8.05. The molecule has 0 unspecified atom stereocenters. The first-order valence-electron chi connectivity index (χ1n) is 4.26. The third kappa shape index (κ3) is 2.32. The third-order valence-electron chi connectivity index (χ3n) is 1.99. The highest BCUT2D eigenvalue weighted by atomic mass is 79.9. The number of amides is 1. The molecule has 76 valence electrons. The van der Waals surface area contributed by atoms with Crippen molar-refractivity contribution in [3.05, 3.63) is 34.1 Å². The first-order valence-corrected chi connectivity index (χ1v) is 5.06. The van der Waals surface area contributed by atoms with Gasteiger partial charge in [0.2, 0.25) is 0 Å². The highest BCUT2D eigenvalue weighted by molar-refractivity contribution is 9.10. The normalized spacial score (nSPS) is 10.0. The number of carbonyl (C=O) groups excluding carboxylic acids is 1. The maximum Gasteiger partial charge on any atom is 0.253 e. The maximum atomic E-state index is 12.9. The summed E-state index contributed by atoms with van der Waals surface area (Å²) in [7, 11) is 1.71. The number of rotatable bonds is 2. The van der Waals surface area contributed by atoms with Gasteiger partial charge in [0.15, 0.2) is 0 Å². The Balaban J connectivity index is 2.97. The summed E-state index contributed by atoms with van der Waals surface area (Å²) in [5, 5.41) is 0. The van der Waals surface area contributed by atoms with Crippen LogP contribution in [0, 0.1) is 5.82 Å². The van der Waals surface area contributed by atoms with E-state index in [0.29, 0.717) is 16.6 Å². The predicted octanol–water partition coefficient (Wildman–Crippen LogP) is 2.68. The molecule has 1 amide bonds. The number of carbonyl (C=O) groups is 1. The molecule has 0 atom stereocenters. The van der Waals surface area contributed by atoms with E-state index in [4.69, 9.17) is 0 Å². The molecule has 0 spiro atoms. The topological polar surface area (TPSA) is 20.3 Å². The standard InChI is InChI=1S/C10H11BrFNO/c1-3-13(2)10(14)7-4-5-9(12)8(11)6-7/h4-6H,3H2,1-2H3. The van der Waals surface area contributed by atoms with Crippen LogP contribution in [0.5, 0.6) is 0 Å². The quantitative estimate of drug-likeness (QED) is 0.800. The predicted molar refractivity (Wildman–Crippen MR) is 56.7 cm³/mol. The minimum Gasteiger partial charge on any atom is -0.342 e. The monoisotopic (exact) mass is 259 g/mol. The summed E-state index contributed by atoms with van der Waals surface area (Å²) in [5.74, 6) is -0.464. The van der Waals surface area contributed by atoms with Crippen molar-refractivity contribution in [1.82, 2.24) is 4.90 Å². The van der Waals surface area contributed by atoms with Crippen molar-refractivity contribution in [1.29, 1.82) is 0 Å². The lowest BCUT2D eigenvalue weighted by atomic mass is 10.2. The van der Waals surface area contributed by atoms with E-state index < -0.39 is 0 Å². The zero-order chi connectivity index (χ0) is 10.7. The Bertz CT molecular complexity index is 354. The van der Waals surface area contributed by atoms with Gasteiger partial charge in [-0.3, -0.25) is 4.79 Å². The first-order chi connectivity index (χ1) is 6.56. The molecule has 0 aliphatic heterocycles. The first kappa shape index (κ1) is 11.2. The van der Waals surface area contributed by atoms with Crippen molar-refractivity contribution in [2.24, 2.45) is 0 Å². The van der Waals surface area contributed by atoms with Gasteiger partial charge in [0.1, 0.15) is 5.82 Å². The lowest BCUT2D eigenvalue weighted by molar-refractivity contribution is 0.0802. The van der Waals surface area contributed by atoms with Crippen molar-refractivity contribution in [3.8, 4) is 0 Å². The van der Waals surface area contributed by atoms with Gasteiger partial charge in [-0.1, -0.05) is 0 Å². The van der Waals surface area contributed by atoms with Gasteiger partial charge in [-0.2, -0.15) is 0 Å². The van der Waals surface area contributed by atoms with Gasteiger partial charge in [0.05, 0.1) is 4.47 Å². The number of hydrogen-bond acceptors (Lipinski definition) is 1. The minimum atomic E-state index is -0.360. The fourth-order valence-corrected chi connectivity index (χ4v) is 1.37. The molecule has 0 heterocycles. The summed E-state index contributed by atoms with van der Waals surface area (Å²) in [5.41, 5.74) is 0.489. The van der Waals surface area contributed by atoms with Crippen LogP contribution >= 0.6 is 15.9 Å². The average Bonchev–Trinajstić information content (AvgIpc) is 2.20. The van der Waals surface area contributed by atoms with Crippen molar-refractivity contribution >= 4 is 21.8 Å². The van der Waals surface area contributed by atoms with Crippen LogP contribution in [0.15, 0.2) is 22.7 Å². The van der Waals surface area contributed by atoms with E-state index in [1.807, 2.05) is 6.92 Å². The number of nitrogens with zero attached hydrogens (tertiary/aromatic N) is 1. The van der Waals surface area contributed by atoms with E-state index in [-0.39, 0.29) is 11.7 Å². The third-order valence-corrected chi connectivity index (χ3v) is 2.60. The summed E-state index contributed by atoms with van der Waals surface area (Å²) < 4.78 is 13.2. The van der Waals surface area contributed by atoms with E-state index >= 15 is 0 Å². The van der Waals surface area contributed by atoms with Gasteiger partial charge in [-0.25, -0.2) is 4.39 Å². The van der Waals surface area contributed by atoms with Crippen LogP contribution < -0.4 is 0 Å². The second-order valence-electron chi connectivity index (χ2n) is 2.95. The molecule has 0 aliphatic carbocycles. The Hall–Kier alpha value is -0.900. The van der Waals surface area contributed by atoms with Crippen molar-refractivity contribution < 1.29 is 9.18 Å². The summed E-state index contributed by atoms with van der Waals surface area (Å²) in [6, 6.07) is 4.25. The van der Waals surface area contributed by atoms with Gasteiger partial charge in [0, 0.05) is 19.2 Å². The molecule has 0 fully saturated rings. The highest BCUT2D eigenvalue weighted by Gasteiger charge is 2.11. The molecule has 0 aromatic heterocycles. The molecule has 0 N–H and O–H groups in total. The lowest BCUT2D eigenvalue weighted by Crippen LogP contribution is -2.26. The van der Waals surface area contributed by atoms with Crippen LogP contribution in [0.4, 0.5) is 4.39 Å². The van der Waals surface area contributed by atoms with Crippen LogP contribution in [0.25, 0.3) is 0 Å². The molecule has 0 saturated heterocycles. The maximum absolute atomic E-state index is 12.9. The van der Waals surface area contributed by atoms with E-state index in [9.17, 15) is 9.18 Å². The average molecular weight is 260 g/mol. The van der Waals surface area contributed by atoms with Gasteiger partial charge in [-0.05, 0) is 41.1 Å². The number of hydrogen-bond donors (Lipinski definition) is 0. The fraction of sp³-hybridized carbons (Fsp3) is 0.300. The van der Waals surface area contributed by atoms with Crippen LogP contribution in [0.2, 0.25) is 0 Å². The molecule has 1 rings (SSSR count). The molecule has 0 radical (unpaired) electrons. The molecule has 2 nitrogen and oxygen atoms in total. The summed E-state index contributed by atoms with van der Waals surface area (Å²) in [6.45, 7) is 2.52. The smallest absolute Gasteiger partial charge is 0.253 e. The zero-order valence-corrected chi connectivity index (χ0v) is 9.64. The molecule has 4 heteroatoms. The van der Waals surface area contributed by atoms with E-state index in [1.54, 1.807) is 11.9 Å². The molecular formula is C10H11BrFNO. The SMILES string of the molecule is CCN(C)C(=O)c1ccc(F)c(Br)c1. The summed E-state index contributed by atoms with van der Waals surface area (Å²) in [6.07, 6.45) is 0. The molecule has 14 heavy (non-hydrogen) atoms. The minimum absolute atomic E-state index is 0.104. The molecule has 1 aromatic carbocycles. The highest BCUT2D eigenvalue weighted by Crippen LogP contribution is 2.17. The largest absolute Gasteiger partial charge is 0.342 e. The number of benzene rings is 1.